The van der Waals surface area contributed by atoms with E-state index in [0.29, 0.717) is 43.1 Å². The lowest BCUT2D eigenvalue weighted by Crippen LogP contribution is -2.36. The third-order valence-corrected chi connectivity index (χ3v) is 6.89. The van der Waals surface area contributed by atoms with E-state index in [1.54, 1.807) is 36.4 Å². The van der Waals surface area contributed by atoms with E-state index in [1.165, 1.54) is 0 Å². The van der Waals surface area contributed by atoms with Crippen LogP contribution in [0.15, 0.2) is 35.2 Å². The molecule has 1 fully saturated rings. The van der Waals surface area contributed by atoms with E-state index in [0.717, 1.165) is 16.7 Å². The Morgan fingerprint density at radius 1 is 1.13 bits per heavy atom. The number of benzene rings is 2. The first-order valence-corrected chi connectivity index (χ1v) is 11.9. The van der Waals surface area contributed by atoms with E-state index in [-0.39, 0.29) is 10.7 Å². The molecule has 2 aliphatic rings. The summed E-state index contributed by atoms with van der Waals surface area (Å²) < 4.78 is 12.2. The lowest BCUT2D eigenvalue weighted by atomic mass is 10.2. The van der Waals surface area contributed by atoms with Gasteiger partial charge in [0.15, 0.2) is 11.5 Å². The van der Waals surface area contributed by atoms with Crippen LogP contribution >= 0.6 is 56.9 Å². The van der Waals surface area contributed by atoms with Crippen LogP contribution in [0.25, 0.3) is 6.08 Å². The minimum atomic E-state index is -0.537. The predicted octanol–water partition coefficient (Wildman–Crippen LogP) is 4.05. The zero-order valence-electron chi connectivity index (χ0n) is 15.7. The van der Waals surface area contributed by atoms with Crippen molar-refractivity contribution >= 4 is 85.8 Å². The van der Waals surface area contributed by atoms with Gasteiger partial charge in [-0.3, -0.25) is 19.3 Å². The summed E-state index contributed by atoms with van der Waals surface area (Å²) in [5, 5.41) is 12.0. The molecule has 2 aromatic rings. The number of fused-ring (bicyclic) bond motifs is 1. The zero-order chi connectivity index (χ0) is 22.1. The normalized spacial score (nSPS) is 16.7. The molecule has 0 radical (unpaired) electrons. The topological polar surface area (TPSA) is 105 Å². The first kappa shape index (κ1) is 22.2. The molecule has 31 heavy (non-hydrogen) atoms. The maximum absolute atomic E-state index is 12.7. The summed E-state index contributed by atoms with van der Waals surface area (Å²) in [6.07, 6.45) is 1.58. The molecule has 0 aromatic heterocycles. The Kier molecular flexibility index (Phi) is 6.62. The number of hydrogen-bond acceptors (Lipinski definition) is 7. The Labute approximate surface area is 208 Å². The number of imide groups is 1. The van der Waals surface area contributed by atoms with Crippen LogP contribution in [0.3, 0.4) is 0 Å². The van der Waals surface area contributed by atoms with Crippen molar-refractivity contribution < 1.29 is 29.0 Å². The molecule has 8 nitrogen and oxygen atoms in total. The van der Waals surface area contributed by atoms with E-state index in [2.05, 4.69) is 5.32 Å². The van der Waals surface area contributed by atoms with Crippen LogP contribution in [-0.2, 0) is 9.59 Å². The molecule has 0 saturated carbocycles. The van der Waals surface area contributed by atoms with Crippen LogP contribution in [0, 0.1) is 7.14 Å². The fraction of sp³-hybridized carbons (Fsp3) is 0.150. The van der Waals surface area contributed by atoms with E-state index in [9.17, 15) is 19.5 Å². The summed E-state index contributed by atoms with van der Waals surface area (Å²) in [6.45, 7) is 0.488. The van der Waals surface area contributed by atoms with Crippen LogP contribution in [0.5, 0.6) is 17.2 Å². The van der Waals surface area contributed by atoms with Gasteiger partial charge in [0.2, 0.25) is 5.91 Å². The average molecular weight is 664 g/mol. The lowest BCUT2D eigenvalue weighted by Gasteiger charge is -2.19. The molecule has 0 bridgehead atoms. The lowest BCUT2D eigenvalue weighted by molar-refractivity contribution is -0.127. The van der Waals surface area contributed by atoms with Gasteiger partial charge >= 0.3 is 0 Å². The molecule has 2 heterocycles. The number of ether oxygens (including phenoxy) is 2. The molecule has 2 aliphatic heterocycles. The molecule has 4 rings (SSSR count). The fourth-order valence-corrected chi connectivity index (χ4v) is 5.58. The van der Waals surface area contributed by atoms with Crippen LogP contribution < -0.4 is 14.8 Å². The monoisotopic (exact) mass is 664 g/mol. The molecule has 1 saturated heterocycles. The molecule has 0 spiro atoms. The predicted molar refractivity (Wildman–Crippen MR) is 132 cm³/mol. The van der Waals surface area contributed by atoms with Crippen molar-refractivity contribution in [1.82, 2.24) is 4.90 Å². The summed E-state index contributed by atoms with van der Waals surface area (Å²) in [4.78, 5) is 38.6. The maximum atomic E-state index is 12.7. The highest BCUT2D eigenvalue weighted by molar-refractivity contribution is 14.1. The number of aromatic hydroxyl groups is 1. The number of rotatable bonds is 4. The van der Waals surface area contributed by atoms with E-state index in [4.69, 9.17) is 9.47 Å². The van der Waals surface area contributed by atoms with Crippen molar-refractivity contribution in [3.8, 4) is 17.2 Å². The Bertz CT molecular complexity index is 1110. The van der Waals surface area contributed by atoms with Crippen molar-refractivity contribution in [1.29, 1.82) is 0 Å². The Morgan fingerprint density at radius 2 is 1.81 bits per heavy atom. The highest BCUT2D eigenvalue weighted by Crippen LogP contribution is 2.35. The highest BCUT2D eigenvalue weighted by Gasteiger charge is 2.36. The number of phenols is 1. The minimum Gasteiger partial charge on any atom is -0.506 e. The van der Waals surface area contributed by atoms with Gasteiger partial charge in [-0.25, -0.2) is 0 Å². The molecular weight excluding hydrogens is 650 g/mol. The summed E-state index contributed by atoms with van der Waals surface area (Å²) >= 11 is 4.76. The second-order valence-corrected chi connectivity index (χ2v) is 9.83. The van der Waals surface area contributed by atoms with Crippen LogP contribution in [-0.4, -0.2) is 46.8 Å². The first-order valence-electron chi connectivity index (χ1n) is 8.94. The number of carbonyl (C=O) groups excluding carboxylic acids is 3. The zero-order valence-corrected chi connectivity index (χ0v) is 20.8. The Morgan fingerprint density at radius 3 is 2.52 bits per heavy atom. The number of phenolic OH excluding ortho intramolecular Hbond substituents is 1. The first-order chi connectivity index (χ1) is 14.8. The largest absolute Gasteiger partial charge is 0.506 e. The molecule has 0 aliphatic carbocycles. The third kappa shape index (κ3) is 4.92. The summed E-state index contributed by atoms with van der Waals surface area (Å²) in [6, 6.07) is 8.40. The van der Waals surface area contributed by atoms with Gasteiger partial charge in [-0.15, -0.1) is 0 Å². The fourth-order valence-electron chi connectivity index (χ4n) is 2.92. The van der Waals surface area contributed by atoms with Gasteiger partial charge in [-0.05, 0) is 92.8 Å². The molecular formula is C20H14I2N2O6S. The van der Waals surface area contributed by atoms with Gasteiger partial charge in [0.05, 0.1) is 12.0 Å². The maximum Gasteiger partial charge on any atom is 0.294 e. The smallest absolute Gasteiger partial charge is 0.294 e. The molecule has 3 amide bonds. The van der Waals surface area contributed by atoms with Crippen molar-refractivity contribution in [3.05, 3.63) is 47.9 Å². The Hall–Kier alpha value is -2.00. The number of nitrogens with one attached hydrogen (secondary N) is 1. The van der Waals surface area contributed by atoms with Gasteiger partial charge in [0, 0.05) is 11.8 Å². The van der Waals surface area contributed by atoms with E-state index >= 15 is 0 Å². The van der Waals surface area contributed by atoms with Gasteiger partial charge in [-0.1, -0.05) is 0 Å². The number of nitrogens with zero attached hydrogens (tertiary/aromatic N) is 1. The molecule has 0 unspecified atom stereocenters. The summed E-state index contributed by atoms with van der Waals surface area (Å²) in [7, 11) is 0. The average Bonchev–Trinajstić information content (AvgIpc) is 2.99. The summed E-state index contributed by atoms with van der Waals surface area (Å²) in [5.41, 5.74) is 1.16. The second kappa shape index (κ2) is 9.24. The SMILES string of the molecule is O=C(CN1C(=O)S/C(=C/c2cc(I)c(O)c(I)c2)C1=O)Nc1ccc2c(c1)OCCO2. The molecule has 2 aromatic carbocycles. The third-order valence-electron chi connectivity index (χ3n) is 4.34. The van der Waals surface area contributed by atoms with E-state index < -0.39 is 23.6 Å². The second-order valence-electron chi connectivity index (χ2n) is 6.51. The molecule has 11 heteroatoms. The number of hydrogen-bond donors (Lipinski definition) is 2. The van der Waals surface area contributed by atoms with E-state index in [1.807, 2.05) is 45.2 Å². The Balaban J connectivity index is 1.45. The van der Waals surface area contributed by atoms with Crippen LogP contribution in [0.1, 0.15) is 5.56 Å². The standard InChI is InChI=1S/C20H14I2N2O6S/c21-12-5-10(6-13(22)18(12)26)7-16-19(27)24(20(28)31-16)9-17(25)23-11-1-2-14-15(8-11)30-4-3-29-14/h1-2,5-8,26H,3-4,9H2,(H,23,25)/b16-7+. The van der Waals surface area contributed by atoms with Crippen LogP contribution in [0.2, 0.25) is 0 Å². The molecule has 0 atom stereocenters. The number of thioether (sulfide) groups is 1. The van der Waals surface area contributed by atoms with Gasteiger partial charge < -0.3 is 19.9 Å². The number of amides is 3. The van der Waals surface area contributed by atoms with Crippen LogP contribution in [0.4, 0.5) is 10.5 Å². The molecule has 160 valence electrons. The van der Waals surface area contributed by atoms with Crippen molar-refractivity contribution in [2.24, 2.45) is 0 Å². The van der Waals surface area contributed by atoms with Gasteiger partial charge in [0.25, 0.3) is 11.1 Å². The minimum absolute atomic E-state index is 0.169. The molecule has 2 N–H and O–H groups in total. The summed E-state index contributed by atoms with van der Waals surface area (Å²) in [5.74, 6) is 0.247. The van der Waals surface area contributed by atoms with Crippen molar-refractivity contribution in [2.75, 3.05) is 25.1 Å². The number of anilines is 1. The van der Waals surface area contributed by atoms with Gasteiger partial charge in [-0.2, -0.15) is 0 Å². The van der Waals surface area contributed by atoms with Crippen molar-refractivity contribution in [2.45, 2.75) is 0 Å². The number of halogens is 2. The number of carbonyl (C=O) groups is 3. The highest BCUT2D eigenvalue weighted by atomic mass is 127. The van der Waals surface area contributed by atoms with Crippen molar-refractivity contribution in [3.63, 3.8) is 0 Å². The van der Waals surface area contributed by atoms with Gasteiger partial charge in [0.1, 0.15) is 25.5 Å². The quantitative estimate of drug-likeness (QED) is 0.376.